The Hall–Kier alpha value is -3.10. The van der Waals surface area contributed by atoms with E-state index in [1.54, 1.807) is 56.6 Å². The maximum absolute atomic E-state index is 12.8. The van der Waals surface area contributed by atoms with Crippen LogP contribution in [0, 0.1) is 0 Å². The number of thiophene rings is 1. The minimum Gasteiger partial charge on any atom is -0.348 e. The Morgan fingerprint density at radius 3 is 2.27 bits per heavy atom. The summed E-state index contributed by atoms with van der Waals surface area (Å²) in [6, 6.07) is 17.7. The molecular weight excluding hydrogens is 418 g/mol. The number of amides is 3. The summed E-state index contributed by atoms with van der Waals surface area (Å²) in [6.07, 6.45) is 0. The van der Waals surface area contributed by atoms with Crippen LogP contribution in [0.3, 0.4) is 0 Å². The highest BCUT2D eigenvalue weighted by Crippen LogP contribution is 2.24. The average molecular weight is 440 g/mol. The molecule has 0 aliphatic rings. The Bertz CT molecular complexity index is 1050. The van der Waals surface area contributed by atoms with E-state index in [1.807, 2.05) is 23.6 Å². The number of carbonyl (C=O) groups is 3. The SMILES string of the molecule is CN(C)C(=O)CSc1ccccc1C(=O)Nc1cccc(NC(=O)c2cccs2)c1. The molecule has 0 atom stereocenters. The molecule has 30 heavy (non-hydrogen) atoms. The van der Waals surface area contributed by atoms with Crippen LogP contribution in [0.2, 0.25) is 0 Å². The molecule has 0 saturated heterocycles. The molecule has 3 rings (SSSR count). The van der Waals surface area contributed by atoms with Crippen molar-refractivity contribution < 1.29 is 14.4 Å². The lowest BCUT2D eigenvalue weighted by molar-refractivity contribution is -0.125. The molecule has 0 radical (unpaired) electrons. The number of carbonyl (C=O) groups excluding carboxylic acids is 3. The maximum atomic E-state index is 12.8. The van der Waals surface area contributed by atoms with Crippen molar-refractivity contribution in [3.05, 3.63) is 76.5 Å². The first kappa shape index (κ1) is 21.6. The van der Waals surface area contributed by atoms with Gasteiger partial charge in [0.15, 0.2) is 0 Å². The van der Waals surface area contributed by atoms with E-state index in [4.69, 9.17) is 0 Å². The summed E-state index contributed by atoms with van der Waals surface area (Å²) in [7, 11) is 3.40. The van der Waals surface area contributed by atoms with Gasteiger partial charge in [-0.2, -0.15) is 0 Å². The number of benzene rings is 2. The number of anilines is 2. The second kappa shape index (κ2) is 10.1. The van der Waals surface area contributed by atoms with Crippen LogP contribution in [0.4, 0.5) is 11.4 Å². The molecule has 0 saturated carbocycles. The van der Waals surface area contributed by atoms with Gasteiger partial charge in [-0.25, -0.2) is 0 Å². The average Bonchev–Trinajstić information content (AvgIpc) is 3.27. The first-order chi connectivity index (χ1) is 14.4. The zero-order chi connectivity index (χ0) is 21.5. The van der Waals surface area contributed by atoms with Gasteiger partial charge in [-0.15, -0.1) is 23.1 Å². The summed E-state index contributed by atoms with van der Waals surface area (Å²) in [5.74, 6) is -0.246. The van der Waals surface area contributed by atoms with Crippen molar-refractivity contribution in [2.45, 2.75) is 4.90 Å². The highest BCUT2D eigenvalue weighted by Gasteiger charge is 2.14. The van der Waals surface area contributed by atoms with Gasteiger partial charge >= 0.3 is 0 Å². The molecule has 2 N–H and O–H groups in total. The predicted molar refractivity (Wildman–Crippen MR) is 123 cm³/mol. The van der Waals surface area contributed by atoms with Crippen molar-refractivity contribution in [3.8, 4) is 0 Å². The van der Waals surface area contributed by atoms with Crippen LogP contribution >= 0.6 is 23.1 Å². The minimum atomic E-state index is -0.280. The van der Waals surface area contributed by atoms with E-state index in [1.165, 1.54) is 28.0 Å². The summed E-state index contributed by atoms with van der Waals surface area (Å²) >= 11 is 2.69. The fraction of sp³-hybridized carbons (Fsp3) is 0.136. The normalized spacial score (nSPS) is 10.3. The second-order valence-electron chi connectivity index (χ2n) is 6.54. The molecule has 6 nitrogen and oxygen atoms in total. The Balaban J connectivity index is 1.69. The lowest BCUT2D eigenvalue weighted by Crippen LogP contribution is -2.23. The zero-order valence-electron chi connectivity index (χ0n) is 16.5. The molecule has 154 valence electrons. The minimum absolute atomic E-state index is 0.0237. The smallest absolute Gasteiger partial charge is 0.265 e. The molecule has 2 aromatic carbocycles. The first-order valence-corrected chi connectivity index (χ1v) is 11.0. The highest BCUT2D eigenvalue weighted by atomic mass is 32.2. The Kier molecular flexibility index (Phi) is 7.26. The van der Waals surface area contributed by atoms with Crippen molar-refractivity contribution in [1.82, 2.24) is 4.90 Å². The van der Waals surface area contributed by atoms with E-state index in [0.29, 0.717) is 21.8 Å². The van der Waals surface area contributed by atoms with Crippen LogP contribution in [0.1, 0.15) is 20.0 Å². The van der Waals surface area contributed by atoms with Crippen LogP contribution in [0.25, 0.3) is 0 Å². The van der Waals surface area contributed by atoms with Gasteiger partial charge in [-0.05, 0) is 41.8 Å². The van der Waals surface area contributed by atoms with Crippen LogP contribution < -0.4 is 10.6 Å². The van der Waals surface area contributed by atoms with Crippen molar-refractivity contribution in [3.63, 3.8) is 0 Å². The molecule has 0 aliphatic carbocycles. The van der Waals surface area contributed by atoms with Gasteiger partial charge in [0.1, 0.15) is 0 Å². The number of nitrogens with zero attached hydrogens (tertiary/aromatic N) is 1. The summed E-state index contributed by atoms with van der Waals surface area (Å²) in [5, 5.41) is 7.53. The third-order valence-corrected chi connectivity index (χ3v) is 6.03. The van der Waals surface area contributed by atoms with Gasteiger partial charge in [0.2, 0.25) is 5.91 Å². The first-order valence-electron chi connectivity index (χ1n) is 9.12. The number of nitrogens with one attached hydrogen (secondary N) is 2. The number of hydrogen-bond acceptors (Lipinski definition) is 5. The third-order valence-electron chi connectivity index (χ3n) is 4.10. The highest BCUT2D eigenvalue weighted by molar-refractivity contribution is 8.00. The summed E-state index contributed by atoms with van der Waals surface area (Å²) in [4.78, 5) is 39.8. The fourth-order valence-electron chi connectivity index (χ4n) is 2.52. The second-order valence-corrected chi connectivity index (χ2v) is 8.50. The van der Waals surface area contributed by atoms with Crippen molar-refractivity contribution in [2.24, 2.45) is 0 Å². The summed E-state index contributed by atoms with van der Waals surface area (Å²) in [6.45, 7) is 0. The van der Waals surface area contributed by atoms with Gasteiger partial charge in [0.25, 0.3) is 11.8 Å². The third kappa shape index (κ3) is 5.71. The van der Waals surface area contributed by atoms with Crippen LogP contribution in [-0.4, -0.2) is 42.5 Å². The van der Waals surface area contributed by atoms with Gasteiger partial charge in [-0.3, -0.25) is 14.4 Å². The molecular formula is C22H21N3O3S2. The number of rotatable bonds is 7. The molecule has 8 heteroatoms. The van der Waals surface area contributed by atoms with Crippen LogP contribution in [-0.2, 0) is 4.79 Å². The monoisotopic (exact) mass is 439 g/mol. The Morgan fingerprint density at radius 2 is 1.60 bits per heavy atom. The molecule has 1 heterocycles. The Morgan fingerprint density at radius 1 is 0.900 bits per heavy atom. The summed E-state index contributed by atoms with van der Waals surface area (Å²) in [5.41, 5.74) is 1.64. The summed E-state index contributed by atoms with van der Waals surface area (Å²) < 4.78 is 0. The zero-order valence-corrected chi connectivity index (χ0v) is 18.2. The topological polar surface area (TPSA) is 78.5 Å². The van der Waals surface area contributed by atoms with Crippen LogP contribution in [0.5, 0.6) is 0 Å². The van der Waals surface area contributed by atoms with E-state index >= 15 is 0 Å². The van der Waals surface area contributed by atoms with Gasteiger partial charge < -0.3 is 15.5 Å². The molecule has 0 fully saturated rings. The van der Waals surface area contributed by atoms with Crippen molar-refractivity contribution in [2.75, 3.05) is 30.5 Å². The Labute approximate surface area is 183 Å². The van der Waals surface area contributed by atoms with E-state index in [-0.39, 0.29) is 23.5 Å². The van der Waals surface area contributed by atoms with E-state index in [9.17, 15) is 14.4 Å². The fourth-order valence-corrected chi connectivity index (χ4v) is 4.17. The lowest BCUT2D eigenvalue weighted by Gasteiger charge is -2.13. The molecule has 0 spiro atoms. The van der Waals surface area contributed by atoms with Gasteiger partial charge in [-0.1, -0.05) is 24.3 Å². The number of thioether (sulfide) groups is 1. The number of hydrogen-bond donors (Lipinski definition) is 2. The molecule has 3 aromatic rings. The van der Waals surface area contributed by atoms with E-state index < -0.39 is 0 Å². The van der Waals surface area contributed by atoms with Gasteiger partial charge in [0, 0.05) is 30.4 Å². The predicted octanol–water partition coefficient (Wildman–Crippen LogP) is 4.43. The molecule has 0 aliphatic heterocycles. The largest absolute Gasteiger partial charge is 0.348 e. The molecule has 1 aromatic heterocycles. The van der Waals surface area contributed by atoms with Crippen molar-refractivity contribution >= 4 is 52.2 Å². The van der Waals surface area contributed by atoms with Gasteiger partial charge in [0.05, 0.1) is 16.2 Å². The molecule has 3 amide bonds. The van der Waals surface area contributed by atoms with Crippen LogP contribution in [0.15, 0.2) is 70.9 Å². The lowest BCUT2D eigenvalue weighted by atomic mass is 10.2. The van der Waals surface area contributed by atoms with E-state index in [0.717, 1.165) is 4.90 Å². The van der Waals surface area contributed by atoms with Crippen molar-refractivity contribution in [1.29, 1.82) is 0 Å². The standard InChI is InChI=1S/C22H21N3O3S2/c1-25(2)20(26)14-30-18-10-4-3-9-17(18)21(27)23-15-7-5-8-16(13-15)24-22(28)19-11-6-12-29-19/h3-13H,14H2,1-2H3,(H,23,27)(H,24,28). The van der Waals surface area contributed by atoms with E-state index in [2.05, 4.69) is 10.6 Å². The molecule has 0 unspecified atom stereocenters. The molecule has 0 bridgehead atoms. The quantitative estimate of drug-likeness (QED) is 0.534. The maximum Gasteiger partial charge on any atom is 0.265 e.